The Hall–Kier alpha value is -0.570. The quantitative estimate of drug-likeness (QED) is 0.631. The van der Waals surface area contributed by atoms with E-state index in [1.807, 2.05) is 0 Å². The lowest BCUT2D eigenvalue weighted by Crippen LogP contribution is -2.26. The molecule has 3 heteroatoms. The van der Waals surface area contributed by atoms with Gasteiger partial charge in [-0.15, -0.1) is 0 Å². The summed E-state index contributed by atoms with van der Waals surface area (Å²) in [5.74, 6) is 2.00. The minimum absolute atomic E-state index is 0.233. The summed E-state index contributed by atoms with van der Waals surface area (Å²) in [6.07, 6.45) is 11.7. The lowest BCUT2D eigenvalue weighted by molar-refractivity contribution is -0.121. The Morgan fingerprint density at radius 2 is 1.79 bits per heavy atom. The molecule has 1 aliphatic carbocycles. The fraction of sp³-hybridized carbons (Fsp3) is 0.938. The minimum atomic E-state index is 0.233. The first-order valence-corrected chi connectivity index (χ1v) is 8.19. The third-order valence-corrected chi connectivity index (χ3v) is 4.37. The van der Waals surface area contributed by atoms with Crippen molar-refractivity contribution in [1.29, 1.82) is 0 Å². The van der Waals surface area contributed by atoms with Crippen LogP contribution in [0, 0.1) is 11.8 Å². The van der Waals surface area contributed by atoms with Gasteiger partial charge in [0.15, 0.2) is 0 Å². The van der Waals surface area contributed by atoms with Crippen molar-refractivity contribution in [3.05, 3.63) is 0 Å². The van der Waals surface area contributed by atoms with Crippen molar-refractivity contribution in [3.63, 3.8) is 0 Å². The summed E-state index contributed by atoms with van der Waals surface area (Å²) >= 11 is 0. The molecule has 1 fully saturated rings. The first-order chi connectivity index (χ1) is 9.22. The second-order valence-corrected chi connectivity index (χ2v) is 6.22. The molecule has 3 N–H and O–H groups in total. The van der Waals surface area contributed by atoms with Crippen molar-refractivity contribution < 1.29 is 4.79 Å². The highest BCUT2D eigenvalue weighted by Crippen LogP contribution is 2.29. The number of rotatable bonds is 9. The van der Waals surface area contributed by atoms with Crippen molar-refractivity contribution in [1.82, 2.24) is 5.32 Å². The zero-order chi connectivity index (χ0) is 13.9. The second kappa shape index (κ2) is 10.2. The predicted octanol–water partition coefficient (Wildman–Crippen LogP) is 3.23. The Morgan fingerprint density at radius 1 is 1.11 bits per heavy atom. The number of nitrogens with one attached hydrogen (secondary N) is 1. The van der Waals surface area contributed by atoms with Crippen LogP contribution in [0.5, 0.6) is 0 Å². The summed E-state index contributed by atoms with van der Waals surface area (Å²) in [6.45, 7) is 4.00. The highest BCUT2D eigenvalue weighted by Gasteiger charge is 2.17. The first-order valence-electron chi connectivity index (χ1n) is 8.19. The zero-order valence-electron chi connectivity index (χ0n) is 12.6. The summed E-state index contributed by atoms with van der Waals surface area (Å²) in [7, 11) is 0. The molecule has 1 rings (SSSR count). The molecule has 112 valence electrons. The number of hydrogen-bond acceptors (Lipinski definition) is 2. The van der Waals surface area contributed by atoms with Gasteiger partial charge in [-0.3, -0.25) is 4.79 Å². The average molecular weight is 268 g/mol. The van der Waals surface area contributed by atoms with E-state index >= 15 is 0 Å². The number of unbranched alkanes of at least 4 members (excludes halogenated alkanes) is 3. The van der Waals surface area contributed by atoms with Crippen molar-refractivity contribution in [2.24, 2.45) is 17.6 Å². The van der Waals surface area contributed by atoms with Gasteiger partial charge in [0.1, 0.15) is 0 Å². The molecule has 0 atom stereocenters. The summed E-state index contributed by atoms with van der Waals surface area (Å²) < 4.78 is 0. The number of carbonyl (C=O) groups excluding carboxylic acids is 1. The Kier molecular flexibility index (Phi) is 8.89. The van der Waals surface area contributed by atoms with Crippen LogP contribution in [0.1, 0.15) is 71.1 Å². The summed E-state index contributed by atoms with van der Waals surface area (Å²) in [5, 5.41) is 3.07. The average Bonchev–Trinajstić information content (AvgIpc) is 2.41. The second-order valence-electron chi connectivity index (χ2n) is 6.22. The van der Waals surface area contributed by atoms with Gasteiger partial charge in [-0.1, -0.05) is 45.4 Å². The maximum absolute atomic E-state index is 11.6. The molecule has 0 bridgehead atoms. The first kappa shape index (κ1) is 16.5. The molecule has 3 nitrogen and oxygen atoms in total. The van der Waals surface area contributed by atoms with Crippen LogP contribution in [0.4, 0.5) is 0 Å². The van der Waals surface area contributed by atoms with Crippen LogP contribution in [0.15, 0.2) is 0 Å². The molecule has 1 amide bonds. The summed E-state index contributed by atoms with van der Waals surface area (Å²) in [4.78, 5) is 11.6. The number of nitrogens with two attached hydrogens (primary N) is 1. The SMILES string of the molecule is CC1CCC(CCNC(=O)CCCCCCN)CC1. The van der Waals surface area contributed by atoms with E-state index < -0.39 is 0 Å². The molecule has 0 radical (unpaired) electrons. The van der Waals surface area contributed by atoms with Crippen molar-refractivity contribution in [2.75, 3.05) is 13.1 Å². The normalized spacial score (nSPS) is 23.3. The van der Waals surface area contributed by atoms with E-state index in [2.05, 4.69) is 12.2 Å². The van der Waals surface area contributed by atoms with Gasteiger partial charge in [-0.05, 0) is 37.6 Å². The van der Waals surface area contributed by atoms with Crippen LogP contribution in [0.2, 0.25) is 0 Å². The lowest BCUT2D eigenvalue weighted by atomic mass is 9.81. The van der Waals surface area contributed by atoms with Crippen LogP contribution in [0.3, 0.4) is 0 Å². The van der Waals surface area contributed by atoms with E-state index in [1.54, 1.807) is 0 Å². The maximum atomic E-state index is 11.6. The molecule has 0 aromatic carbocycles. The third-order valence-electron chi connectivity index (χ3n) is 4.37. The van der Waals surface area contributed by atoms with Gasteiger partial charge in [0.2, 0.25) is 5.91 Å². The summed E-state index contributed by atoms with van der Waals surface area (Å²) in [5.41, 5.74) is 5.44. The maximum Gasteiger partial charge on any atom is 0.219 e. The van der Waals surface area contributed by atoms with Gasteiger partial charge in [-0.2, -0.15) is 0 Å². The molecule has 19 heavy (non-hydrogen) atoms. The van der Waals surface area contributed by atoms with Gasteiger partial charge < -0.3 is 11.1 Å². The van der Waals surface area contributed by atoms with Gasteiger partial charge >= 0.3 is 0 Å². The van der Waals surface area contributed by atoms with Gasteiger partial charge in [0.25, 0.3) is 0 Å². The van der Waals surface area contributed by atoms with E-state index in [-0.39, 0.29) is 5.91 Å². The molecular weight excluding hydrogens is 236 g/mol. The highest BCUT2D eigenvalue weighted by atomic mass is 16.1. The van der Waals surface area contributed by atoms with E-state index in [0.717, 1.165) is 50.6 Å². The van der Waals surface area contributed by atoms with Gasteiger partial charge in [-0.25, -0.2) is 0 Å². The number of hydrogen-bond donors (Lipinski definition) is 2. The Morgan fingerprint density at radius 3 is 2.47 bits per heavy atom. The largest absolute Gasteiger partial charge is 0.356 e. The predicted molar refractivity (Wildman–Crippen MR) is 80.9 cm³/mol. The van der Waals surface area contributed by atoms with Crippen molar-refractivity contribution in [3.8, 4) is 0 Å². The third kappa shape index (κ3) is 8.25. The molecule has 0 heterocycles. The molecule has 0 aliphatic heterocycles. The molecule has 1 aliphatic rings. The topological polar surface area (TPSA) is 55.1 Å². The van der Waals surface area contributed by atoms with E-state index in [9.17, 15) is 4.79 Å². The van der Waals surface area contributed by atoms with Gasteiger partial charge in [0.05, 0.1) is 0 Å². The fourth-order valence-corrected chi connectivity index (χ4v) is 2.91. The fourth-order valence-electron chi connectivity index (χ4n) is 2.91. The summed E-state index contributed by atoms with van der Waals surface area (Å²) in [6, 6.07) is 0. The number of amides is 1. The zero-order valence-corrected chi connectivity index (χ0v) is 12.6. The van der Waals surface area contributed by atoms with E-state index in [4.69, 9.17) is 5.73 Å². The molecule has 1 saturated carbocycles. The highest BCUT2D eigenvalue weighted by molar-refractivity contribution is 5.75. The standard InChI is InChI=1S/C16H32N2O/c1-14-7-9-15(10-8-14)11-13-18-16(19)6-4-2-3-5-12-17/h14-15H,2-13,17H2,1H3,(H,18,19). The van der Waals surface area contributed by atoms with Crippen molar-refractivity contribution >= 4 is 5.91 Å². The monoisotopic (exact) mass is 268 g/mol. The van der Waals surface area contributed by atoms with E-state index in [1.165, 1.54) is 32.1 Å². The lowest BCUT2D eigenvalue weighted by Gasteiger charge is -2.26. The van der Waals surface area contributed by atoms with Crippen LogP contribution >= 0.6 is 0 Å². The molecule has 0 aromatic heterocycles. The Labute approximate surface area is 118 Å². The smallest absolute Gasteiger partial charge is 0.219 e. The Balaban J connectivity index is 1.92. The minimum Gasteiger partial charge on any atom is -0.356 e. The number of carbonyl (C=O) groups is 1. The molecule has 0 aromatic rings. The van der Waals surface area contributed by atoms with E-state index in [0.29, 0.717) is 6.42 Å². The van der Waals surface area contributed by atoms with Crippen LogP contribution in [-0.4, -0.2) is 19.0 Å². The molecule has 0 unspecified atom stereocenters. The Bertz CT molecular complexity index is 235. The van der Waals surface area contributed by atoms with Gasteiger partial charge in [0, 0.05) is 13.0 Å². The van der Waals surface area contributed by atoms with Crippen LogP contribution in [0.25, 0.3) is 0 Å². The van der Waals surface area contributed by atoms with Crippen LogP contribution in [-0.2, 0) is 4.79 Å². The molecular formula is C16H32N2O. The van der Waals surface area contributed by atoms with Crippen molar-refractivity contribution in [2.45, 2.75) is 71.1 Å². The van der Waals surface area contributed by atoms with Crippen LogP contribution < -0.4 is 11.1 Å². The molecule has 0 saturated heterocycles. The molecule has 0 spiro atoms.